The third kappa shape index (κ3) is 11.3. The topological polar surface area (TPSA) is 164 Å². The molecule has 2 amide bonds. The van der Waals surface area contributed by atoms with Crippen LogP contribution in [0.4, 0.5) is 5.69 Å². The third-order valence-corrected chi connectivity index (χ3v) is 11.4. The molecule has 1 aliphatic carbocycles. The number of carbonyl (C=O) groups is 3. The fraction of sp³-hybridized carbons (Fsp3) is 0.489. The second-order valence-corrected chi connectivity index (χ2v) is 15.2. The molecule has 1 aliphatic heterocycles. The van der Waals surface area contributed by atoms with Gasteiger partial charge < -0.3 is 40.6 Å². The molecule has 0 bridgehead atoms. The molecule has 11 nitrogen and oxygen atoms in total. The van der Waals surface area contributed by atoms with Crippen molar-refractivity contribution in [2.45, 2.75) is 104 Å². The number of amides is 2. The number of carbonyl (C=O) groups excluding carboxylic acids is 3. The van der Waals surface area contributed by atoms with Gasteiger partial charge in [0.25, 0.3) is 11.8 Å². The van der Waals surface area contributed by atoms with Gasteiger partial charge in [0.15, 0.2) is 0 Å². The summed E-state index contributed by atoms with van der Waals surface area (Å²) in [6.45, 7) is 11.0. The molecule has 1 aromatic heterocycles. The van der Waals surface area contributed by atoms with Gasteiger partial charge in [-0.25, -0.2) is 0 Å². The minimum Gasteiger partial charge on any atom is -0.427 e. The van der Waals surface area contributed by atoms with E-state index in [1.54, 1.807) is 24.3 Å². The summed E-state index contributed by atoms with van der Waals surface area (Å²) in [4.78, 5) is 44.4. The summed E-state index contributed by atoms with van der Waals surface area (Å²) in [6, 6.07) is 15.1. The van der Waals surface area contributed by atoms with Crippen molar-refractivity contribution in [3.63, 3.8) is 0 Å². The van der Waals surface area contributed by atoms with Crippen molar-refractivity contribution in [3.05, 3.63) is 94.3 Å². The number of nitrogens with one attached hydrogen (secondary N) is 3. The first kappa shape index (κ1) is 42.6. The van der Waals surface area contributed by atoms with Crippen LogP contribution in [-0.2, 0) is 16.0 Å². The quantitative estimate of drug-likeness (QED) is 0.0255. The SMILES string of the molecule is CCN(CC)CCNC(=O)c1c(C)[nH]c(/C=C2\C(=O)Nc3ccc(OC(=O)CCC/C=C\C[C@@H]4[C@@H](CC[C@H](O)CCc5ccccc5)[C@H](O)C[C@@H]4O)cc32)c1C. The zero-order valence-electron chi connectivity index (χ0n) is 33.4. The van der Waals surface area contributed by atoms with Crippen LogP contribution in [0.25, 0.3) is 11.6 Å². The Kier molecular flexibility index (Phi) is 15.6. The number of unbranched alkanes of at least 4 members (excludes halogenated alkanes) is 1. The van der Waals surface area contributed by atoms with Crippen LogP contribution in [0.5, 0.6) is 5.75 Å². The molecule has 5 rings (SSSR count). The maximum Gasteiger partial charge on any atom is 0.311 e. The molecule has 1 fully saturated rings. The van der Waals surface area contributed by atoms with E-state index >= 15 is 0 Å². The standard InChI is InChI=1S/C45H60N4O7/c1-5-49(6-2)25-24-46-45(55)43-29(3)39(47-30(43)4)27-37-36-26-33(21-23-38(36)48-44(37)54)56-42(53)17-13-8-7-12-16-34-35(41(52)28-40(34)51)22-20-32(50)19-18-31-14-10-9-11-15-31/h7,9-12,14-15,21,23,26-27,32,34-35,40-41,47,50-52H,5-6,8,13,16-20,22,24-25,28H2,1-4H3,(H,46,55)(H,48,54)/b12-7-,37-27-/t32-,34-,35-,40+,41-/m1/s1. The van der Waals surface area contributed by atoms with E-state index in [4.69, 9.17) is 4.74 Å². The molecule has 11 heteroatoms. The highest BCUT2D eigenvalue weighted by atomic mass is 16.5. The number of hydrogen-bond donors (Lipinski definition) is 6. The highest BCUT2D eigenvalue weighted by molar-refractivity contribution is 6.35. The summed E-state index contributed by atoms with van der Waals surface area (Å²) in [7, 11) is 0. The molecule has 0 unspecified atom stereocenters. The Morgan fingerprint density at radius 1 is 1.02 bits per heavy atom. The summed E-state index contributed by atoms with van der Waals surface area (Å²) in [5, 5.41) is 37.8. The Hall–Kier alpha value is -4.55. The van der Waals surface area contributed by atoms with E-state index in [0.29, 0.717) is 91.0 Å². The molecular weight excluding hydrogens is 709 g/mol. The van der Waals surface area contributed by atoms with Gasteiger partial charge >= 0.3 is 5.97 Å². The maximum atomic E-state index is 13.1. The fourth-order valence-corrected chi connectivity index (χ4v) is 8.06. The van der Waals surface area contributed by atoms with Crippen molar-refractivity contribution >= 4 is 35.1 Å². The number of esters is 1. The van der Waals surface area contributed by atoms with Crippen molar-refractivity contribution < 1.29 is 34.4 Å². The van der Waals surface area contributed by atoms with Crippen molar-refractivity contribution in [1.82, 2.24) is 15.2 Å². The Labute approximate surface area is 331 Å². The lowest BCUT2D eigenvalue weighted by Crippen LogP contribution is -2.35. The number of H-pyrrole nitrogens is 1. The van der Waals surface area contributed by atoms with Crippen LogP contribution in [0.1, 0.15) is 104 Å². The van der Waals surface area contributed by atoms with Gasteiger partial charge in [-0.2, -0.15) is 0 Å². The van der Waals surface area contributed by atoms with E-state index in [1.165, 1.54) is 5.56 Å². The number of benzene rings is 2. The van der Waals surface area contributed by atoms with Crippen molar-refractivity contribution in [3.8, 4) is 5.75 Å². The molecule has 302 valence electrons. The molecule has 2 aromatic carbocycles. The van der Waals surface area contributed by atoms with E-state index in [-0.39, 0.29) is 36.0 Å². The number of aromatic nitrogens is 1. The lowest BCUT2D eigenvalue weighted by atomic mass is 9.85. The van der Waals surface area contributed by atoms with Gasteiger partial charge in [-0.3, -0.25) is 14.4 Å². The van der Waals surface area contributed by atoms with Crippen LogP contribution in [0, 0.1) is 25.7 Å². The number of aromatic amines is 1. The number of ether oxygens (including phenoxy) is 1. The third-order valence-electron chi connectivity index (χ3n) is 11.4. The lowest BCUT2D eigenvalue weighted by Gasteiger charge is -2.23. The second kappa shape index (κ2) is 20.6. The van der Waals surface area contributed by atoms with Crippen LogP contribution in [0.15, 0.2) is 60.7 Å². The van der Waals surface area contributed by atoms with E-state index in [0.717, 1.165) is 31.6 Å². The first-order valence-corrected chi connectivity index (χ1v) is 20.3. The molecule has 0 saturated heterocycles. The van der Waals surface area contributed by atoms with Crippen LogP contribution < -0.4 is 15.4 Å². The summed E-state index contributed by atoms with van der Waals surface area (Å²) in [6.07, 6.45) is 9.26. The van der Waals surface area contributed by atoms with Gasteiger partial charge in [-0.1, -0.05) is 56.3 Å². The fourth-order valence-electron chi connectivity index (χ4n) is 8.06. The molecule has 0 spiro atoms. The minimum absolute atomic E-state index is 0.0725. The highest BCUT2D eigenvalue weighted by Gasteiger charge is 2.40. The number of likely N-dealkylation sites (N-methyl/N-ethyl adjacent to an activating group) is 1. The second-order valence-electron chi connectivity index (χ2n) is 15.2. The maximum absolute atomic E-state index is 13.1. The first-order chi connectivity index (χ1) is 27.0. The number of nitrogens with zero attached hydrogens (tertiary/aromatic N) is 1. The number of fused-ring (bicyclic) bond motifs is 1. The summed E-state index contributed by atoms with van der Waals surface area (Å²) in [5.41, 5.74) is 5.50. The average Bonchev–Trinajstić information content (AvgIpc) is 3.75. The largest absolute Gasteiger partial charge is 0.427 e. The van der Waals surface area contributed by atoms with Gasteiger partial charge in [0.1, 0.15) is 5.75 Å². The number of anilines is 1. The summed E-state index contributed by atoms with van der Waals surface area (Å²) >= 11 is 0. The zero-order chi connectivity index (χ0) is 40.2. The number of hydrogen-bond acceptors (Lipinski definition) is 8. The van der Waals surface area contributed by atoms with Crippen LogP contribution in [0.2, 0.25) is 0 Å². The van der Waals surface area contributed by atoms with Crippen molar-refractivity contribution in [1.29, 1.82) is 0 Å². The first-order valence-electron chi connectivity index (χ1n) is 20.3. The average molecular weight is 769 g/mol. The van der Waals surface area contributed by atoms with Gasteiger partial charge in [0.2, 0.25) is 0 Å². The molecule has 56 heavy (non-hydrogen) atoms. The number of aliphatic hydroxyl groups excluding tert-OH is 3. The van der Waals surface area contributed by atoms with E-state index in [2.05, 4.69) is 46.5 Å². The van der Waals surface area contributed by atoms with Gasteiger partial charge in [-0.05, 0) is 126 Å². The van der Waals surface area contributed by atoms with Crippen molar-refractivity contribution in [2.75, 3.05) is 31.5 Å². The van der Waals surface area contributed by atoms with E-state index in [9.17, 15) is 29.7 Å². The minimum atomic E-state index is -0.586. The normalized spacial score (nSPS) is 20.5. The summed E-state index contributed by atoms with van der Waals surface area (Å²) < 4.78 is 5.66. The van der Waals surface area contributed by atoms with E-state index < -0.39 is 18.3 Å². The highest BCUT2D eigenvalue weighted by Crippen LogP contribution is 2.39. The van der Waals surface area contributed by atoms with Crippen LogP contribution in [-0.4, -0.2) is 87.5 Å². The van der Waals surface area contributed by atoms with Gasteiger partial charge in [0, 0.05) is 42.1 Å². The van der Waals surface area contributed by atoms with Gasteiger partial charge in [-0.15, -0.1) is 0 Å². The number of aliphatic hydroxyl groups is 3. The van der Waals surface area contributed by atoms with Crippen LogP contribution in [0.3, 0.4) is 0 Å². The Bertz CT molecular complexity index is 1850. The molecule has 1 saturated carbocycles. The Balaban J connectivity index is 1.09. The van der Waals surface area contributed by atoms with Gasteiger partial charge in [0.05, 0.1) is 29.4 Å². The van der Waals surface area contributed by atoms with E-state index in [1.807, 2.05) is 44.2 Å². The number of aryl methyl sites for hydroxylation is 2. The monoisotopic (exact) mass is 768 g/mol. The predicted molar refractivity (Wildman–Crippen MR) is 220 cm³/mol. The Morgan fingerprint density at radius 3 is 2.52 bits per heavy atom. The molecule has 5 atom stereocenters. The Morgan fingerprint density at radius 2 is 1.77 bits per heavy atom. The molecule has 0 radical (unpaired) electrons. The molecule has 2 heterocycles. The van der Waals surface area contributed by atoms with Crippen LogP contribution >= 0.6 is 0 Å². The molecular formula is C45H60N4O7. The number of allylic oxidation sites excluding steroid dienone is 2. The predicted octanol–water partition coefficient (Wildman–Crippen LogP) is 6.35. The number of rotatable bonds is 20. The lowest BCUT2D eigenvalue weighted by molar-refractivity contribution is -0.134. The molecule has 3 aromatic rings. The smallest absolute Gasteiger partial charge is 0.311 e. The molecule has 6 N–H and O–H groups in total. The zero-order valence-corrected chi connectivity index (χ0v) is 33.4. The summed E-state index contributed by atoms with van der Waals surface area (Å²) in [5.74, 6) is -0.635. The molecule has 2 aliphatic rings. The van der Waals surface area contributed by atoms with Crippen molar-refractivity contribution in [2.24, 2.45) is 11.8 Å².